The Morgan fingerprint density at radius 1 is 1.53 bits per heavy atom. The SMILES string of the molecule is COc1cc(C#N)ccc1NC(=O)CNCC1CC1. The fourth-order valence-corrected chi connectivity index (χ4v) is 1.77. The van der Waals surface area contributed by atoms with E-state index in [1.165, 1.54) is 20.0 Å². The Labute approximate surface area is 112 Å². The molecule has 1 fully saturated rings. The summed E-state index contributed by atoms with van der Waals surface area (Å²) >= 11 is 0. The number of hydrogen-bond donors (Lipinski definition) is 2. The van der Waals surface area contributed by atoms with E-state index in [1.54, 1.807) is 18.2 Å². The van der Waals surface area contributed by atoms with Gasteiger partial charge in [0.2, 0.25) is 5.91 Å². The average Bonchev–Trinajstić information content (AvgIpc) is 3.23. The number of carbonyl (C=O) groups is 1. The lowest BCUT2D eigenvalue weighted by atomic mass is 10.2. The molecule has 0 bridgehead atoms. The third kappa shape index (κ3) is 3.97. The summed E-state index contributed by atoms with van der Waals surface area (Å²) in [6.45, 7) is 1.19. The summed E-state index contributed by atoms with van der Waals surface area (Å²) in [7, 11) is 1.51. The van der Waals surface area contributed by atoms with Crippen molar-refractivity contribution in [2.75, 3.05) is 25.5 Å². The number of benzene rings is 1. The Balaban J connectivity index is 1.89. The highest BCUT2D eigenvalue weighted by molar-refractivity contribution is 5.93. The molecule has 2 N–H and O–H groups in total. The van der Waals surface area contributed by atoms with Gasteiger partial charge in [0.1, 0.15) is 5.75 Å². The van der Waals surface area contributed by atoms with Gasteiger partial charge in [-0.2, -0.15) is 5.26 Å². The minimum Gasteiger partial charge on any atom is -0.495 e. The van der Waals surface area contributed by atoms with E-state index < -0.39 is 0 Å². The van der Waals surface area contributed by atoms with Crippen LogP contribution in [0.1, 0.15) is 18.4 Å². The molecule has 0 unspecified atom stereocenters. The average molecular weight is 259 g/mol. The Morgan fingerprint density at radius 3 is 2.95 bits per heavy atom. The largest absolute Gasteiger partial charge is 0.495 e. The number of nitrogens with one attached hydrogen (secondary N) is 2. The van der Waals surface area contributed by atoms with Gasteiger partial charge in [0.05, 0.1) is 31.0 Å². The van der Waals surface area contributed by atoms with Gasteiger partial charge in [-0.3, -0.25) is 4.79 Å². The van der Waals surface area contributed by atoms with Crippen LogP contribution in [0, 0.1) is 17.2 Å². The third-order valence-electron chi connectivity index (χ3n) is 3.02. The van der Waals surface area contributed by atoms with Gasteiger partial charge in [-0.1, -0.05) is 0 Å². The fourth-order valence-electron chi connectivity index (χ4n) is 1.77. The maximum atomic E-state index is 11.7. The lowest BCUT2D eigenvalue weighted by molar-refractivity contribution is -0.115. The number of amides is 1. The first-order valence-corrected chi connectivity index (χ1v) is 6.31. The maximum absolute atomic E-state index is 11.7. The first-order valence-electron chi connectivity index (χ1n) is 6.31. The molecule has 100 valence electrons. The van der Waals surface area contributed by atoms with Crippen molar-refractivity contribution in [2.45, 2.75) is 12.8 Å². The van der Waals surface area contributed by atoms with Crippen molar-refractivity contribution in [1.29, 1.82) is 5.26 Å². The Kier molecular flexibility index (Phi) is 4.37. The lowest BCUT2D eigenvalue weighted by Gasteiger charge is -2.10. The van der Waals surface area contributed by atoms with E-state index in [0.717, 1.165) is 12.5 Å². The van der Waals surface area contributed by atoms with Gasteiger partial charge < -0.3 is 15.4 Å². The second-order valence-electron chi connectivity index (χ2n) is 4.65. The summed E-state index contributed by atoms with van der Waals surface area (Å²) in [5.74, 6) is 1.13. The van der Waals surface area contributed by atoms with E-state index in [4.69, 9.17) is 10.00 Å². The number of hydrogen-bond acceptors (Lipinski definition) is 4. The summed E-state index contributed by atoms with van der Waals surface area (Å²) < 4.78 is 5.16. The number of carbonyl (C=O) groups excluding carboxylic acids is 1. The standard InChI is InChI=1S/C14H17N3O2/c1-19-13-6-11(7-15)4-5-12(13)17-14(18)9-16-8-10-2-3-10/h4-6,10,16H,2-3,8-9H2,1H3,(H,17,18). The molecule has 1 aliphatic carbocycles. The van der Waals surface area contributed by atoms with Crippen molar-refractivity contribution >= 4 is 11.6 Å². The van der Waals surface area contributed by atoms with Gasteiger partial charge in [0.15, 0.2) is 0 Å². The highest BCUT2D eigenvalue weighted by Gasteiger charge is 2.20. The third-order valence-corrected chi connectivity index (χ3v) is 3.02. The zero-order valence-electron chi connectivity index (χ0n) is 10.9. The van der Waals surface area contributed by atoms with E-state index >= 15 is 0 Å². The smallest absolute Gasteiger partial charge is 0.238 e. The van der Waals surface area contributed by atoms with Crippen LogP contribution in [0.25, 0.3) is 0 Å². The molecule has 0 atom stereocenters. The quantitative estimate of drug-likeness (QED) is 0.812. The summed E-state index contributed by atoms with van der Waals surface area (Å²) in [6, 6.07) is 6.96. The van der Waals surface area contributed by atoms with Crippen LogP contribution in [0.3, 0.4) is 0 Å². The summed E-state index contributed by atoms with van der Waals surface area (Å²) in [5, 5.41) is 14.7. The zero-order valence-corrected chi connectivity index (χ0v) is 10.9. The van der Waals surface area contributed by atoms with E-state index in [1.807, 2.05) is 6.07 Å². The van der Waals surface area contributed by atoms with Crippen LogP contribution in [0.5, 0.6) is 5.75 Å². The molecule has 1 amide bonds. The molecule has 0 aliphatic heterocycles. The summed E-state index contributed by atoms with van der Waals surface area (Å²) in [4.78, 5) is 11.7. The van der Waals surface area contributed by atoms with Gasteiger partial charge in [-0.25, -0.2) is 0 Å². The molecule has 0 aromatic heterocycles. The van der Waals surface area contributed by atoms with Gasteiger partial charge in [0.25, 0.3) is 0 Å². The first kappa shape index (κ1) is 13.4. The van der Waals surface area contributed by atoms with Crippen molar-refractivity contribution in [3.8, 4) is 11.8 Å². The number of anilines is 1. The van der Waals surface area contributed by atoms with Crippen LogP contribution in [-0.4, -0.2) is 26.1 Å². The van der Waals surface area contributed by atoms with Crippen molar-refractivity contribution in [3.05, 3.63) is 23.8 Å². The molecule has 5 nitrogen and oxygen atoms in total. The van der Waals surface area contributed by atoms with Gasteiger partial charge in [-0.15, -0.1) is 0 Å². The molecule has 1 aromatic rings. The number of nitriles is 1. The molecular formula is C14H17N3O2. The van der Waals surface area contributed by atoms with Crippen LogP contribution in [0.4, 0.5) is 5.69 Å². The fraction of sp³-hybridized carbons (Fsp3) is 0.429. The first-order chi connectivity index (χ1) is 9.22. The Hall–Kier alpha value is -2.06. The van der Waals surface area contributed by atoms with E-state index in [-0.39, 0.29) is 5.91 Å². The van der Waals surface area contributed by atoms with Gasteiger partial charge in [0, 0.05) is 6.07 Å². The monoisotopic (exact) mass is 259 g/mol. The normalized spacial score (nSPS) is 13.7. The molecule has 2 rings (SSSR count). The Bertz CT molecular complexity index is 504. The van der Waals surface area contributed by atoms with Gasteiger partial charge >= 0.3 is 0 Å². The van der Waals surface area contributed by atoms with Crippen molar-refractivity contribution < 1.29 is 9.53 Å². The Morgan fingerprint density at radius 2 is 2.32 bits per heavy atom. The molecule has 19 heavy (non-hydrogen) atoms. The minimum atomic E-state index is -0.108. The van der Waals surface area contributed by atoms with Crippen LogP contribution in [-0.2, 0) is 4.79 Å². The molecule has 0 radical (unpaired) electrons. The molecular weight excluding hydrogens is 242 g/mol. The van der Waals surface area contributed by atoms with Crippen molar-refractivity contribution in [2.24, 2.45) is 5.92 Å². The topological polar surface area (TPSA) is 74.1 Å². The molecule has 1 aliphatic rings. The van der Waals surface area contributed by atoms with Crippen LogP contribution in [0.2, 0.25) is 0 Å². The zero-order chi connectivity index (χ0) is 13.7. The van der Waals surface area contributed by atoms with Crippen LogP contribution < -0.4 is 15.4 Å². The number of nitrogens with zero attached hydrogens (tertiary/aromatic N) is 1. The number of rotatable bonds is 6. The van der Waals surface area contributed by atoms with Crippen LogP contribution >= 0.6 is 0 Å². The highest BCUT2D eigenvalue weighted by atomic mass is 16.5. The number of methoxy groups -OCH3 is 1. The molecule has 1 aromatic carbocycles. The predicted molar refractivity (Wildman–Crippen MR) is 71.9 cm³/mol. The van der Waals surface area contributed by atoms with Crippen LogP contribution in [0.15, 0.2) is 18.2 Å². The predicted octanol–water partition coefficient (Wildman–Crippen LogP) is 1.50. The maximum Gasteiger partial charge on any atom is 0.238 e. The molecule has 0 spiro atoms. The molecule has 5 heteroatoms. The molecule has 0 heterocycles. The lowest BCUT2D eigenvalue weighted by Crippen LogP contribution is -2.29. The van der Waals surface area contributed by atoms with Crippen molar-refractivity contribution in [1.82, 2.24) is 5.32 Å². The van der Waals surface area contributed by atoms with E-state index in [2.05, 4.69) is 10.6 Å². The second kappa shape index (κ2) is 6.21. The molecule has 1 saturated carbocycles. The number of ether oxygens (including phenoxy) is 1. The summed E-state index contributed by atoms with van der Waals surface area (Å²) in [5.41, 5.74) is 1.08. The van der Waals surface area contributed by atoms with Gasteiger partial charge in [-0.05, 0) is 37.4 Å². The minimum absolute atomic E-state index is 0.108. The van der Waals surface area contributed by atoms with Crippen molar-refractivity contribution in [3.63, 3.8) is 0 Å². The van der Waals surface area contributed by atoms with E-state index in [0.29, 0.717) is 23.5 Å². The van der Waals surface area contributed by atoms with E-state index in [9.17, 15) is 4.79 Å². The molecule has 0 saturated heterocycles. The highest BCUT2D eigenvalue weighted by Crippen LogP contribution is 2.27. The summed E-state index contributed by atoms with van der Waals surface area (Å²) in [6.07, 6.45) is 2.52. The second-order valence-corrected chi connectivity index (χ2v) is 4.65.